The van der Waals surface area contributed by atoms with Gasteiger partial charge < -0.3 is 5.73 Å². The summed E-state index contributed by atoms with van der Waals surface area (Å²) in [6.07, 6.45) is -4.60. The Morgan fingerprint density at radius 1 is 1.21 bits per heavy atom. The van der Waals surface area contributed by atoms with E-state index < -0.39 is 21.8 Å². The number of halogens is 3. The minimum absolute atomic E-state index is 0.177. The minimum Gasteiger partial charge on any atom is -0.382 e. The van der Waals surface area contributed by atoms with Crippen molar-refractivity contribution in [2.45, 2.75) is 20.0 Å². The van der Waals surface area contributed by atoms with E-state index in [1.807, 2.05) is 0 Å². The number of alkyl halides is 3. The van der Waals surface area contributed by atoms with Gasteiger partial charge in [-0.2, -0.15) is 13.2 Å². The summed E-state index contributed by atoms with van der Waals surface area (Å²) in [4.78, 5) is 0. The molecule has 1 aromatic heterocycles. The fraction of sp³-hybridized carbons (Fsp3) is 0.286. The Morgan fingerprint density at radius 2 is 1.88 bits per heavy atom. The highest BCUT2D eigenvalue weighted by molar-refractivity contribution is 7.92. The van der Waals surface area contributed by atoms with Crippen LogP contribution in [0.4, 0.5) is 24.7 Å². The first-order valence-electron chi connectivity index (χ1n) is 6.85. The molecule has 0 atom stereocenters. The normalized spacial score (nSPS) is 12.2. The molecule has 0 radical (unpaired) electrons. The Labute approximate surface area is 137 Å². The molecule has 0 saturated carbocycles. The lowest BCUT2D eigenvalue weighted by Crippen LogP contribution is -2.16. The Morgan fingerprint density at radius 3 is 2.42 bits per heavy atom. The number of aromatic nitrogens is 2. The molecule has 10 heteroatoms. The van der Waals surface area contributed by atoms with Gasteiger partial charge in [-0.1, -0.05) is 6.07 Å². The van der Waals surface area contributed by atoms with E-state index in [1.165, 1.54) is 13.0 Å². The van der Waals surface area contributed by atoms with Gasteiger partial charge in [-0.15, -0.1) is 10.2 Å². The molecule has 0 saturated heterocycles. The lowest BCUT2D eigenvalue weighted by molar-refractivity contribution is -0.137. The van der Waals surface area contributed by atoms with Gasteiger partial charge in [0.2, 0.25) is 10.0 Å². The number of aryl methyl sites for hydroxylation is 1. The predicted octanol–water partition coefficient (Wildman–Crippen LogP) is 2.81. The molecule has 0 aliphatic heterocycles. The van der Waals surface area contributed by atoms with Crippen LogP contribution in [0, 0.1) is 6.92 Å². The molecule has 0 amide bonds. The van der Waals surface area contributed by atoms with Crippen molar-refractivity contribution in [1.82, 2.24) is 10.2 Å². The minimum atomic E-state index is -4.60. The van der Waals surface area contributed by atoms with Crippen molar-refractivity contribution in [3.8, 4) is 11.3 Å². The van der Waals surface area contributed by atoms with Crippen LogP contribution in [0.25, 0.3) is 11.3 Å². The summed E-state index contributed by atoms with van der Waals surface area (Å²) in [5.74, 6) is -0.101. The third-order valence-corrected chi connectivity index (χ3v) is 4.58. The van der Waals surface area contributed by atoms with Crippen LogP contribution < -0.4 is 10.5 Å². The molecule has 24 heavy (non-hydrogen) atoms. The summed E-state index contributed by atoms with van der Waals surface area (Å²) in [6, 6.07) is 4.26. The molecule has 0 spiro atoms. The van der Waals surface area contributed by atoms with Crippen molar-refractivity contribution in [1.29, 1.82) is 0 Å². The summed E-state index contributed by atoms with van der Waals surface area (Å²) in [6.45, 7) is 3.04. The molecule has 3 N–H and O–H groups in total. The fourth-order valence-corrected chi connectivity index (χ4v) is 2.54. The van der Waals surface area contributed by atoms with Gasteiger partial charge in [0.1, 0.15) is 5.82 Å². The van der Waals surface area contributed by atoms with E-state index in [0.29, 0.717) is 5.56 Å². The van der Waals surface area contributed by atoms with E-state index in [0.717, 1.165) is 18.2 Å². The molecule has 2 rings (SSSR count). The molecule has 1 heterocycles. The third-order valence-electron chi connectivity index (χ3n) is 3.29. The topological polar surface area (TPSA) is 98.0 Å². The predicted molar refractivity (Wildman–Crippen MR) is 84.7 cm³/mol. The maximum Gasteiger partial charge on any atom is 0.416 e. The number of hydrogen-bond donors (Lipinski definition) is 2. The van der Waals surface area contributed by atoms with Crippen molar-refractivity contribution in [3.05, 3.63) is 35.4 Å². The molecular weight excluding hydrogens is 345 g/mol. The Hall–Kier alpha value is -2.36. The van der Waals surface area contributed by atoms with Crippen molar-refractivity contribution < 1.29 is 21.6 Å². The third kappa shape index (κ3) is 3.94. The number of nitrogen functional groups attached to an aromatic ring is 1. The van der Waals surface area contributed by atoms with Gasteiger partial charge in [0.05, 0.1) is 22.7 Å². The van der Waals surface area contributed by atoms with Crippen LogP contribution in [0.15, 0.2) is 24.3 Å². The zero-order valence-corrected chi connectivity index (χ0v) is 13.7. The van der Waals surface area contributed by atoms with Crippen LogP contribution in [-0.2, 0) is 16.2 Å². The first-order chi connectivity index (χ1) is 11.0. The second-order valence-electron chi connectivity index (χ2n) is 5.06. The molecule has 0 fully saturated rings. The highest BCUT2D eigenvalue weighted by Gasteiger charge is 2.31. The van der Waals surface area contributed by atoms with E-state index in [1.54, 1.807) is 6.92 Å². The highest BCUT2D eigenvalue weighted by Crippen LogP contribution is 2.36. The largest absolute Gasteiger partial charge is 0.416 e. The molecule has 0 aliphatic carbocycles. The summed E-state index contributed by atoms with van der Waals surface area (Å²) in [7, 11) is -3.77. The second-order valence-corrected chi connectivity index (χ2v) is 7.07. The monoisotopic (exact) mass is 360 g/mol. The maximum atomic E-state index is 12.9. The average molecular weight is 360 g/mol. The van der Waals surface area contributed by atoms with E-state index in [4.69, 9.17) is 5.73 Å². The van der Waals surface area contributed by atoms with Crippen molar-refractivity contribution in [3.63, 3.8) is 0 Å². The van der Waals surface area contributed by atoms with E-state index in [2.05, 4.69) is 14.9 Å². The average Bonchev–Trinajstić information content (AvgIpc) is 2.49. The van der Waals surface area contributed by atoms with E-state index >= 15 is 0 Å². The van der Waals surface area contributed by atoms with Crippen LogP contribution in [0.3, 0.4) is 0 Å². The van der Waals surface area contributed by atoms with Crippen molar-refractivity contribution in [2.75, 3.05) is 16.2 Å². The number of hydrogen-bond acceptors (Lipinski definition) is 5. The van der Waals surface area contributed by atoms with Gasteiger partial charge in [-0.05, 0) is 37.6 Å². The van der Waals surface area contributed by atoms with Gasteiger partial charge in [0.25, 0.3) is 0 Å². The smallest absolute Gasteiger partial charge is 0.382 e. The quantitative estimate of drug-likeness (QED) is 0.874. The number of rotatable bonds is 4. The van der Waals surface area contributed by atoms with Crippen LogP contribution in [-0.4, -0.2) is 24.4 Å². The highest BCUT2D eigenvalue weighted by atomic mass is 32.2. The summed E-state index contributed by atoms with van der Waals surface area (Å²) >= 11 is 0. The van der Waals surface area contributed by atoms with E-state index in [-0.39, 0.29) is 28.5 Å². The Kier molecular flexibility index (Phi) is 4.70. The van der Waals surface area contributed by atoms with Crippen LogP contribution in [0.2, 0.25) is 0 Å². The lowest BCUT2D eigenvalue weighted by atomic mass is 10.0. The van der Waals surface area contributed by atoms with Crippen LogP contribution in [0.1, 0.15) is 18.1 Å². The number of nitrogens with two attached hydrogens (primary N) is 1. The zero-order valence-electron chi connectivity index (χ0n) is 12.8. The first-order valence-corrected chi connectivity index (χ1v) is 8.50. The van der Waals surface area contributed by atoms with Gasteiger partial charge in [0, 0.05) is 5.56 Å². The molecule has 130 valence electrons. The first kappa shape index (κ1) is 18.0. The molecule has 0 bridgehead atoms. The second kappa shape index (κ2) is 6.27. The summed E-state index contributed by atoms with van der Waals surface area (Å²) < 4.78 is 64.5. The molecule has 6 nitrogen and oxygen atoms in total. The maximum absolute atomic E-state index is 12.9. The Bertz CT molecular complexity index is 867. The van der Waals surface area contributed by atoms with Gasteiger partial charge in [-0.3, -0.25) is 4.72 Å². The lowest BCUT2D eigenvalue weighted by Gasteiger charge is -2.15. The van der Waals surface area contributed by atoms with Gasteiger partial charge in [0.15, 0.2) is 0 Å². The van der Waals surface area contributed by atoms with Crippen LogP contribution in [0.5, 0.6) is 0 Å². The fourth-order valence-electron chi connectivity index (χ4n) is 1.89. The SMILES string of the molecule is CCS(=O)(=O)Nc1cc(C(F)(F)F)ccc1-c1cc(C)c(N)nn1. The number of benzene rings is 1. The summed E-state index contributed by atoms with van der Waals surface area (Å²) in [5, 5.41) is 7.54. The molecule has 0 unspecified atom stereocenters. The Balaban J connectivity index is 2.63. The van der Waals surface area contributed by atoms with Crippen LogP contribution >= 0.6 is 0 Å². The van der Waals surface area contributed by atoms with Crippen molar-refractivity contribution in [2.24, 2.45) is 0 Å². The molecular formula is C14H15F3N4O2S. The number of nitrogens with one attached hydrogen (secondary N) is 1. The van der Waals surface area contributed by atoms with E-state index in [9.17, 15) is 21.6 Å². The molecule has 1 aromatic carbocycles. The van der Waals surface area contributed by atoms with Gasteiger partial charge in [-0.25, -0.2) is 8.42 Å². The number of sulfonamides is 1. The molecule has 0 aliphatic rings. The molecule has 2 aromatic rings. The van der Waals surface area contributed by atoms with Gasteiger partial charge >= 0.3 is 6.18 Å². The zero-order chi connectivity index (χ0) is 18.1. The number of anilines is 2. The summed E-state index contributed by atoms with van der Waals surface area (Å²) in [5.41, 5.74) is 5.35. The van der Waals surface area contributed by atoms with Crippen molar-refractivity contribution >= 4 is 21.5 Å². The standard InChI is InChI=1S/C14H15F3N4O2S/c1-3-24(22,23)21-12-7-9(14(15,16)17)4-5-10(12)11-6-8(2)13(18)20-19-11/h4-7,21H,3H2,1-2H3,(H2,18,20). The number of nitrogens with zero attached hydrogens (tertiary/aromatic N) is 2.